The van der Waals surface area contributed by atoms with Crippen molar-refractivity contribution in [2.75, 3.05) is 26.3 Å². The second-order valence-electron chi connectivity index (χ2n) is 8.96. The monoisotopic (exact) mass is 375 g/mol. The zero-order valence-electron chi connectivity index (χ0n) is 16.8. The van der Waals surface area contributed by atoms with Crippen LogP contribution in [0.15, 0.2) is 12.4 Å². The first-order chi connectivity index (χ1) is 12.8. The van der Waals surface area contributed by atoms with Crippen LogP contribution in [0.25, 0.3) is 0 Å². The largest absolute Gasteiger partial charge is 0.498 e. The Labute approximate surface area is 161 Å². The third-order valence-electron chi connectivity index (χ3n) is 6.58. The van der Waals surface area contributed by atoms with Crippen molar-refractivity contribution in [2.45, 2.75) is 64.2 Å². The van der Waals surface area contributed by atoms with Gasteiger partial charge in [-0.25, -0.2) is 0 Å². The van der Waals surface area contributed by atoms with Gasteiger partial charge in [0.1, 0.15) is 0 Å². The highest BCUT2D eigenvalue weighted by Gasteiger charge is 2.52. The second-order valence-corrected chi connectivity index (χ2v) is 8.96. The Bertz CT molecular complexity index is 675. The van der Waals surface area contributed by atoms with Crippen LogP contribution in [0.5, 0.6) is 0 Å². The van der Waals surface area contributed by atoms with Crippen LogP contribution < -0.4 is 5.46 Å². The van der Waals surface area contributed by atoms with Crippen LogP contribution in [0.2, 0.25) is 0 Å². The fourth-order valence-electron chi connectivity index (χ4n) is 3.99. The van der Waals surface area contributed by atoms with Gasteiger partial charge in [0.25, 0.3) is 0 Å². The molecule has 0 aliphatic carbocycles. The molecular formula is C19H30BN3O4. The van der Waals surface area contributed by atoms with Gasteiger partial charge in [0, 0.05) is 37.6 Å². The van der Waals surface area contributed by atoms with E-state index in [0.717, 1.165) is 37.8 Å². The number of carbonyl (C=O) groups excluding carboxylic acids is 1. The second kappa shape index (κ2) is 6.90. The maximum atomic E-state index is 12.5. The molecule has 148 valence electrons. The molecule has 3 aliphatic heterocycles. The van der Waals surface area contributed by atoms with Crippen LogP contribution in [-0.2, 0) is 18.8 Å². The van der Waals surface area contributed by atoms with Gasteiger partial charge in [-0.05, 0) is 47.0 Å². The van der Waals surface area contributed by atoms with E-state index >= 15 is 0 Å². The molecule has 4 rings (SSSR count). The predicted molar refractivity (Wildman–Crippen MR) is 102 cm³/mol. The third-order valence-corrected chi connectivity index (χ3v) is 6.58. The van der Waals surface area contributed by atoms with E-state index in [1.165, 1.54) is 0 Å². The van der Waals surface area contributed by atoms with E-state index in [-0.39, 0.29) is 30.1 Å². The standard InChI is InChI=1S/C19H30BN3O4/c1-18(2)19(3,4)27-20(26-18)15-11-21-23(12-15)16-5-8-22(9-6-16)17(24)14-7-10-25-13-14/h11-12,14,16H,5-10,13H2,1-4H3. The lowest BCUT2D eigenvalue weighted by atomic mass is 9.82. The van der Waals surface area contributed by atoms with E-state index in [9.17, 15) is 4.79 Å². The average Bonchev–Trinajstić information content (AvgIpc) is 3.35. The van der Waals surface area contributed by atoms with Crippen molar-refractivity contribution in [3.63, 3.8) is 0 Å². The molecule has 4 heterocycles. The molecule has 8 heteroatoms. The van der Waals surface area contributed by atoms with Crippen molar-refractivity contribution >= 4 is 18.5 Å². The molecule has 1 aromatic rings. The van der Waals surface area contributed by atoms with Crippen molar-refractivity contribution in [1.29, 1.82) is 0 Å². The van der Waals surface area contributed by atoms with Crippen molar-refractivity contribution in [1.82, 2.24) is 14.7 Å². The van der Waals surface area contributed by atoms with E-state index in [1.54, 1.807) is 0 Å². The minimum atomic E-state index is -0.382. The first-order valence-electron chi connectivity index (χ1n) is 10.0. The molecule has 0 aromatic carbocycles. The van der Waals surface area contributed by atoms with Gasteiger partial charge in [-0.2, -0.15) is 5.10 Å². The minimum Gasteiger partial charge on any atom is -0.399 e. The summed E-state index contributed by atoms with van der Waals surface area (Å²) in [6, 6.07) is 0.310. The molecule has 1 atom stereocenters. The summed E-state index contributed by atoms with van der Waals surface area (Å²) in [5.74, 6) is 0.311. The maximum absolute atomic E-state index is 12.5. The number of hydrogen-bond acceptors (Lipinski definition) is 5. The molecule has 3 aliphatic rings. The molecule has 1 amide bonds. The zero-order chi connectivity index (χ0) is 19.2. The molecule has 0 saturated carbocycles. The number of rotatable bonds is 3. The predicted octanol–water partition coefficient (Wildman–Crippen LogP) is 1.38. The molecule has 1 unspecified atom stereocenters. The molecule has 0 spiro atoms. The number of likely N-dealkylation sites (tertiary alicyclic amines) is 1. The van der Waals surface area contributed by atoms with Crippen molar-refractivity contribution in [2.24, 2.45) is 5.92 Å². The number of aromatic nitrogens is 2. The number of carbonyl (C=O) groups is 1. The van der Waals surface area contributed by atoms with Gasteiger partial charge in [0.15, 0.2) is 0 Å². The Kier molecular flexibility index (Phi) is 4.85. The highest BCUT2D eigenvalue weighted by Crippen LogP contribution is 2.36. The highest BCUT2D eigenvalue weighted by molar-refractivity contribution is 6.62. The minimum absolute atomic E-state index is 0.0567. The van der Waals surface area contributed by atoms with E-state index in [0.29, 0.717) is 19.3 Å². The Balaban J connectivity index is 1.35. The van der Waals surface area contributed by atoms with Gasteiger partial charge in [0.05, 0.1) is 29.8 Å². The quantitative estimate of drug-likeness (QED) is 0.747. The van der Waals surface area contributed by atoms with Crippen molar-refractivity contribution in [3.8, 4) is 0 Å². The van der Waals surface area contributed by atoms with Crippen LogP contribution >= 0.6 is 0 Å². The third kappa shape index (κ3) is 3.55. The topological polar surface area (TPSA) is 65.8 Å². The summed E-state index contributed by atoms with van der Waals surface area (Å²) in [5.41, 5.74) is 0.250. The maximum Gasteiger partial charge on any atom is 0.498 e. The number of nitrogens with zero attached hydrogens (tertiary/aromatic N) is 3. The molecule has 3 fully saturated rings. The number of ether oxygens (including phenoxy) is 1. The average molecular weight is 375 g/mol. The molecule has 0 radical (unpaired) electrons. The number of piperidine rings is 1. The molecule has 1 aromatic heterocycles. The van der Waals surface area contributed by atoms with Crippen LogP contribution in [0, 0.1) is 5.92 Å². The van der Waals surface area contributed by atoms with Gasteiger partial charge in [-0.15, -0.1) is 0 Å². The summed E-state index contributed by atoms with van der Waals surface area (Å²) in [6.07, 6.45) is 6.58. The lowest BCUT2D eigenvalue weighted by molar-refractivity contribution is -0.136. The molecular weight excluding hydrogens is 345 g/mol. The van der Waals surface area contributed by atoms with Gasteiger partial charge in [0.2, 0.25) is 5.91 Å². The Morgan fingerprint density at radius 2 is 1.81 bits per heavy atom. The van der Waals surface area contributed by atoms with Gasteiger partial charge < -0.3 is 18.9 Å². The van der Waals surface area contributed by atoms with Crippen LogP contribution in [0.3, 0.4) is 0 Å². The lowest BCUT2D eigenvalue weighted by Gasteiger charge is -2.33. The molecule has 0 N–H and O–H groups in total. The Morgan fingerprint density at radius 1 is 1.15 bits per heavy atom. The normalized spacial score (nSPS) is 28.1. The first-order valence-corrected chi connectivity index (χ1v) is 10.0. The smallest absolute Gasteiger partial charge is 0.399 e. The summed E-state index contributed by atoms with van der Waals surface area (Å²) >= 11 is 0. The molecule has 27 heavy (non-hydrogen) atoms. The van der Waals surface area contributed by atoms with Gasteiger partial charge in [-0.1, -0.05) is 0 Å². The zero-order valence-corrected chi connectivity index (χ0v) is 16.8. The molecule has 7 nitrogen and oxygen atoms in total. The van der Waals surface area contributed by atoms with E-state index in [1.807, 2.05) is 22.0 Å². The van der Waals surface area contributed by atoms with E-state index < -0.39 is 0 Å². The van der Waals surface area contributed by atoms with Gasteiger partial charge in [-0.3, -0.25) is 9.48 Å². The lowest BCUT2D eigenvalue weighted by Crippen LogP contribution is -2.42. The highest BCUT2D eigenvalue weighted by atomic mass is 16.7. The van der Waals surface area contributed by atoms with Crippen molar-refractivity contribution < 1.29 is 18.8 Å². The van der Waals surface area contributed by atoms with E-state index in [4.69, 9.17) is 14.0 Å². The SMILES string of the molecule is CC1(C)OB(c2cnn(C3CCN(C(=O)C4CCOC4)CC3)c2)OC1(C)C. The fourth-order valence-corrected chi connectivity index (χ4v) is 3.99. The summed E-state index contributed by atoms with van der Waals surface area (Å²) in [6.45, 7) is 11.1. The number of amides is 1. The summed E-state index contributed by atoms with van der Waals surface area (Å²) in [4.78, 5) is 14.5. The van der Waals surface area contributed by atoms with Crippen LogP contribution in [0.1, 0.15) is 53.0 Å². The van der Waals surface area contributed by atoms with Crippen LogP contribution in [-0.4, -0.2) is 65.2 Å². The number of hydrogen-bond donors (Lipinski definition) is 0. The summed E-state index contributed by atoms with van der Waals surface area (Å²) in [5, 5.41) is 4.56. The first kappa shape index (κ1) is 19.0. The van der Waals surface area contributed by atoms with E-state index in [2.05, 4.69) is 32.8 Å². The Morgan fingerprint density at radius 3 is 2.41 bits per heavy atom. The summed E-state index contributed by atoms with van der Waals surface area (Å²) in [7, 11) is -0.382. The Hall–Kier alpha value is -1.38. The fraction of sp³-hybridized carbons (Fsp3) is 0.789. The van der Waals surface area contributed by atoms with Crippen LogP contribution in [0.4, 0.5) is 0 Å². The molecule has 3 saturated heterocycles. The van der Waals surface area contributed by atoms with Gasteiger partial charge >= 0.3 is 7.12 Å². The van der Waals surface area contributed by atoms with Crippen molar-refractivity contribution in [3.05, 3.63) is 12.4 Å². The molecule has 0 bridgehead atoms. The summed E-state index contributed by atoms with van der Waals surface area (Å²) < 4.78 is 19.6.